The molecule has 3 aromatic rings. The SMILES string of the molecule is Cc1noc2ncnc(NCCN3Cc4ccccc4OCC3=O)c12. The van der Waals surface area contributed by atoms with Crippen molar-refractivity contribution >= 4 is 22.8 Å². The molecule has 0 spiro atoms. The van der Waals surface area contributed by atoms with Crippen LogP contribution in [0.15, 0.2) is 35.1 Å². The van der Waals surface area contributed by atoms with Crippen molar-refractivity contribution in [2.24, 2.45) is 0 Å². The molecule has 1 N–H and O–H groups in total. The van der Waals surface area contributed by atoms with Gasteiger partial charge in [-0.3, -0.25) is 4.79 Å². The number of aromatic nitrogens is 3. The molecule has 1 aliphatic heterocycles. The monoisotopic (exact) mass is 339 g/mol. The highest BCUT2D eigenvalue weighted by Crippen LogP contribution is 2.24. The van der Waals surface area contributed by atoms with Crippen molar-refractivity contribution in [3.63, 3.8) is 0 Å². The Morgan fingerprint density at radius 2 is 2.16 bits per heavy atom. The first-order chi connectivity index (χ1) is 12.2. The number of benzene rings is 1. The molecular weight excluding hydrogens is 322 g/mol. The molecule has 8 heteroatoms. The second kappa shape index (κ2) is 6.39. The van der Waals surface area contributed by atoms with E-state index in [1.165, 1.54) is 6.33 Å². The van der Waals surface area contributed by atoms with E-state index < -0.39 is 0 Å². The highest BCUT2D eigenvalue weighted by Gasteiger charge is 2.21. The fourth-order valence-corrected chi connectivity index (χ4v) is 2.87. The molecule has 0 fully saturated rings. The number of nitrogens with zero attached hydrogens (tertiary/aromatic N) is 4. The van der Waals surface area contributed by atoms with Gasteiger partial charge in [0.15, 0.2) is 6.61 Å². The van der Waals surface area contributed by atoms with Crippen LogP contribution in [0.3, 0.4) is 0 Å². The summed E-state index contributed by atoms with van der Waals surface area (Å²) >= 11 is 0. The molecule has 25 heavy (non-hydrogen) atoms. The maximum atomic E-state index is 12.3. The van der Waals surface area contributed by atoms with E-state index in [1.807, 2.05) is 31.2 Å². The lowest BCUT2D eigenvalue weighted by molar-refractivity contribution is -0.133. The summed E-state index contributed by atoms with van der Waals surface area (Å²) in [6.45, 7) is 3.51. The van der Waals surface area contributed by atoms with Crippen LogP contribution in [0.4, 0.5) is 5.82 Å². The zero-order chi connectivity index (χ0) is 17.2. The van der Waals surface area contributed by atoms with Gasteiger partial charge in [-0.05, 0) is 13.0 Å². The van der Waals surface area contributed by atoms with Crippen LogP contribution < -0.4 is 10.1 Å². The number of aryl methyl sites for hydroxylation is 1. The normalized spacial score (nSPS) is 14.1. The summed E-state index contributed by atoms with van der Waals surface area (Å²) in [5.41, 5.74) is 2.18. The minimum atomic E-state index is -0.0352. The number of para-hydroxylation sites is 1. The van der Waals surface area contributed by atoms with Crippen LogP contribution in [0.25, 0.3) is 11.1 Å². The number of hydrogen-bond acceptors (Lipinski definition) is 7. The summed E-state index contributed by atoms with van der Waals surface area (Å²) in [5.74, 6) is 1.39. The van der Waals surface area contributed by atoms with Gasteiger partial charge >= 0.3 is 0 Å². The Morgan fingerprint density at radius 3 is 3.08 bits per heavy atom. The van der Waals surface area contributed by atoms with Crippen LogP contribution in [0.5, 0.6) is 5.75 Å². The average Bonchev–Trinajstić information content (AvgIpc) is 2.93. The predicted molar refractivity (Wildman–Crippen MR) is 90.2 cm³/mol. The van der Waals surface area contributed by atoms with Gasteiger partial charge in [-0.2, -0.15) is 4.98 Å². The van der Waals surface area contributed by atoms with E-state index in [4.69, 9.17) is 9.26 Å². The maximum absolute atomic E-state index is 12.3. The van der Waals surface area contributed by atoms with E-state index in [1.54, 1.807) is 4.90 Å². The van der Waals surface area contributed by atoms with Crippen molar-refractivity contribution in [3.8, 4) is 5.75 Å². The second-order valence-electron chi connectivity index (χ2n) is 5.81. The maximum Gasteiger partial charge on any atom is 0.263 e. The van der Waals surface area contributed by atoms with E-state index in [9.17, 15) is 4.79 Å². The van der Waals surface area contributed by atoms with Gasteiger partial charge in [0.2, 0.25) is 0 Å². The quantitative estimate of drug-likeness (QED) is 0.774. The largest absolute Gasteiger partial charge is 0.483 e. The molecule has 0 unspecified atom stereocenters. The van der Waals surface area contributed by atoms with Gasteiger partial charge in [0.1, 0.15) is 23.3 Å². The van der Waals surface area contributed by atoms with Crippen LogP contribution in [-0.4, -0.2) is 45.6 Å². The molecule has 4 rings (SSSR count). The summed E-state index contributed by atoms with van der Waals surface area (Å²) < 4.78 is 10.7. The van der Waals surface area contributed by atoms with E-state index in [2.05, 4.69) is 20.4 Å². The topological polar surface area (TPSA) is 93.4 Å². The smallest absolute Gasteiger partial charge is 0.263 e. The van der Waals surface area contributed by atoms with Crippen molar-refractivity contribution in [2.45, 2.75) is 13.5 Å². The lowest BCUT2D eigenvalue weighted by Gasteiger charge is -2.20. The predicted octanol–water partition coefficient (Wildman–Crippen LogP) is 1.76. The molecule has 1 aromatic carbocycles. The van der Waals surface area contributed by atoms with Crippen LogP contribution >= 0.6 is 0 Å². The Hall–Kier alpha value is -3.16. The fourth-order valence-electron chi connectivity index (χ4n) is 2.87. The van der Waals surface area contributed by atoms with Gasteiger partial charge in [0.05, 0.1) is 5.69 Å². The number of anilines is 1. The van der Waals surface area contributed by atoms with E-state index in [0.29, 0.717) is 31.2 Å². The highest BCUT2D eigenvalue weighted by atomic mass is 16.5. The molecule has 0 bridgehead atoms. The van der Waals surface area contributed by atoms with Crippen molar-refractivity contribution in [3.05, 3.63) is 41.9 Å². The molecule has 8 nitrogen and oxygen atoms in total. The number of ether oxygens (including phenoxy) is 1. The Bertz CT molecular complexity index is 924. The second-order valence-corrected chi connectivity index (χ2v) is 5.81. The number of carbonyl (C=O) groups excluding carboxylic acids is 1. The zero-order valence-electron chi connectivity index (χ0n) is 13.7. The summed E-state index contributed by atoms with van der Waals surface area (Å²) in [6.07, 6.45) is 1.43. The van der Waals surface area contributed by atoms with Gasteiger partial charge in [-0.15, -0.1) is 0 Å². The number of hydrogen-bond donors (Lipinski definition) is 1. The molecule has 128 valence electrons. The molecule has 3 heterocycles. The molecular formula is C17H17N5O3. The number of rotatable bonds is 4. The number of carbonyl (C=O) groups is 1. The van der Waals surface area contributed by atoms with Crippen LogP contribution in [0.1, 0.15) is 11.3 Å². The lowest BCUT2D eigenvalue weighted by Crippen LogP contribution is -2.36. The molecule has 0 radical (unpaired) electrons. The van der Waals surface area contributed by atoms with Crippen molar-refractivity contribution in [1.29, 1.82) is 0 Å². The summed E-state index contributed by atoms with van der Waals surface area (Å²) in [5, 5.41) is 7.91. The summed E-state index contributed by atoms with van der Waals surface area (Å²) in [6, 6.07) is 7.71. The number of fused-ring (bicyclic) bond motifs is 2. The van der Waals surface area contributed by atoms with E-state index >= 15 is 0 Å². The van der Waals surface area contributed by atoms with Crippen LogP contribution in [0, 0.1) is 6.92 Å². The molecule has 2 aromatic heterocycles. The van der Waals surface area contributed by atoms with Gasteiger partial charge in [0, 0.05) is 25.2 Å². The van der Waals surface area contributed by atoms with E-state index in [0.717, 1.165) is 22.4 Å². The lowest BCUT2D eigenvalue weighted by atomic mass is 10.2. The minimum absolute atomic E-state index is 0.0352. The minimum Gasteiger partial charge on any atom is -0.483 e. The summed E-state index contributed by atoms with van der Waals surface area (Å²) in [7, 11) is 0. The van der Waals surface area contributed by atoms with Crippen molar-refractivity contribution in [2.75, 3.05) is 25.0 Å². The Balaban J connectivity index is 1.46. The molecule has 0 saturated heterocycles. The van der Waals surface area contributed by atoms with Gasteiger partial charge in [-0.25, -0.2) is 4.98 Å². The number of nitrogens with one attached hydrogen (secondary N) is 1. The molecule has 0 atom stereocenters. The molecule has 1 aliphatic rings. The van der Waals surface area contributed by atoms with Crippen molar-refractivity contribution in [1.82, 2.24) is 20.0 Å². The van der Waals surface area contributed by atoms with Gasteiger partial charge < -0.3 is 19.5 Å². The first kappa shape index (κ1) is 15.4. The third-order valence-corrected chi connectivity index (χ3v) is 4.16. The van der Waals surface area contributed by atoms with Gasteiger partial charge in [-0.1, -0.05) is 23.4 Å². The third kappa shape index (κ3) is 2.98. The Labute approximate surface area is 143 Å². The van der Waals surface area contributed by atoms with Crippen LogP contribution in [-0.2, 0) is 11.3 Å². The third-order valence-electron chi connectivity index (χ3n) is 4.16. The van der Waals surface area contributed by atoms with E-state index in [-0.39, 0.29) is 12.5 Å². The first-order valence-corrected chi connectivity index (χ1v) is 8.01. The molecule has 0 aliphatic carbocycles. The zero-order valence-corrected chi connectivity index (χ0v) is 13.7. The van der Waals surface area contributed by atoms with Crippen molar-refractivity contribution < 1.29 is 14.1 Å². The Kier molecular flexibility index (Phi) is 3.93. The Morgan fingerprint density at radius 1 is 1.28 bits per heavy atom. The first-order valence-electron chi connectivity index (χ1n) is 8.01. The average molecular weight is 339 g/mol. The standard InChI is InChI=1S/C17H17N5O3/c1-11-15-16(19-10-20-17(15)25-21-11)18-6-7-22-8-12-4-2-3-5-13(12)24-9-14(22)23/h2-5,10H,6-9H2,1H3,(H,18,19,20). The molecule has 0 saturated carbocycles. The summed E-state index contributed by atoms with van der Waals surface area (Å²) in [4.78, 5) is 22.3. The highest BCUT2D eigenvalue weighted by molar-refractivity contribution is 5.87. The fraction of sp³-hybridized carbons (Fsp3) is 0.294. The number of amides is 1. The van der Waals surface area contributed by atoms with Crippen LogP contribution in [0.2, 0.25) is 0 Å². The molecule has 1 amide bonds. The van der Waals surface area contributed by atoms with Gasteiger partial charge in [0.25, 0.3) is 11.6 Å².